The molecule has 0 amide bonds. The van der Waals surface area contributed by atoms with Gasteiger partial charge >= 0.3 is 0 Å². The zero-order valence-electron chi connectivity index (χ0n) is 9.49. The molecule has 0 atom stereocenters. The molecule has 2 rings (SSSR count). The van der Waals surface area contributed by atoms with Crippen molar-refractivity contribution in [1.82, 2.24) is 0 Å². The third kappa shape index (κ3) is 2.62. The molecule has 2 aromatic rings. The van der Waals surface area contributed by atoms with Crippen molar-refractivity contribution in [2.75, 3.05) is 0 Å². The molecule has 0 fully saturated rings. The lowest BCUT2D eigenvalue weighted by Crippen LogP contribution is -2.14. The average molecular weight is 210 g/mol. The fourth-order valence-corrected chi connectivity index (χ4v) is 1.49. The van der Waals surface area contributed by atoms with Crippen molar-refractivity contribution < 1.29 is 5.11 Å². The van der Waals surface area contributed by atoms with Gasteiger partial charge in [0, 0.05) is 5.56 Å². The van der Waals surface area contributed by atoms with Crippen LogP contribution in [0.1, 0.15) is 19.4 Å². The first-order valence-electron chi connectivity index (χ1n) is 5.29. The molecule has 1 heteroatoms. The summed E-state index contributed by atoms with van der Waals surface area (Å²) < 4.78 is 0. The molecule has 0 saturated heterocycles. The lowest BCUT2D eigenvalue weighted by molar-refractivity contribution is 0.143. The Bertz CT molecular complexity index is 565. The molecule has 0 heterocycles. The summed E-state index contributed by atoms with van der Waals surface area (Å²) in [6.45, 7) is 3.36. The molecule has 0 aliphatic heterocycles. The SMILES string of the molecule is CC(C)(O)C#Cc1ccc2ccccc2c1. The van der Waals surface area contributed by atoms with Crippen molar-refractivity contribution in [3.63, 3.8) is 0 Å². The number of fused-ring (bicyclic) bond motifs is 1. The smallest absolute Gasteiger partial charge is 0.120 e. The maximum atomic E-state index is 9.52. The molecule has 0 aromatic heterocycles. The van der Waals surface area contributed by atoms with Gasteiger partial charge in [-0.15, -0.1) is 0 Å². The maximum absolute atomic E-state index is 9.52. The number of aliphatic hydroxyl groups is 1. The van der Waals surface area contributed by atoms with Gasteiger partial charge in [-0.05, 0) is 36.8 Å². The third-order valence-corrected chi connectivity index (χ3v) is 2.26. The quantitative estimate of drug-likeness (QED) is 0.663. The van der Waals surface area contributed by atoms with Crippen LogP contribution in [-0.2, 0) is 0 Å². The monoisotopic (exact) mass is 210 g/mol. The minimum Gasteiger partial charge on any atom is -0.378 e. The zero-order chi connectivity index (χ0) is 11.6. The van der Waals surface area contributed by atoms with Crippen LogP contribution in [0.3, 0.4) is 0 Å². The van der Waals surface area contributed by atoms with E-state index in [1.807, 2.05) is 30.3 Å². The highest BCUT2D eigenvalue weighted by Gasteiger charge is 2.05. The summed E-state index contributed by atoms with van der Waals surface area (Å²) in [5, 5.41) is 11.9. The molecule has 0 aliphatic carbocycles. The van der Waals surface area contributed by atoms with E-state index in [4.69, 9.17) is 0 Å². The predicted octanol–water partition coefficient (Wildman–Crippen LogP) is 2.96. The summed E-state index contributed by atoms with van der Waals surface area (Å²) in [5.41, 5.74) is -0.00752. The topological polar surface area (TPSA) is 20.2 Å². The Kier molecular flexibility index (Phi) is 2.68. The molecule has 2 aromatic carbocycles. The third-order valence-electron chi connectivity index (χ3n) is 2.26. The van der Waals surface area contributed by atoms with Crippen LogP contribution in [-0.4, -0.2) is 10.7 Å². The second-order valence-corrected chi connectivity index (χ2v) is 4.37. The maximum Gasteiger partial charge on any atom is 0.120 e. The molecule has 0 radical (unpaired) electrons. The van der Waals surface area contributed by atoms with E-state index in [9.17, 15) is 5.11 Å². The summed E-state index contributed by atoms with van der Waals surface area (Å²) in [7, 11) is 0. The van der Waals surface area contributed by atoms with Gasteiger partial charge in [0.25, 0.3) is 0 Å². The molecule has 1 nitrogen and oxygen atoms in total. The van der Waals surface area contributed by atoms with Gasteiger partial charge in [-0.1, -0.05) is 42.2 Å². The largest absolute Gasteiger partial charge is 0.378 e. The van der Waals surface area contributed by atoms with Gasteiger partial charge in [-0.25, -0.2) is 0 Å². The van der Waals surface area contributed by atoms with Crippen LogP contribution in [0, 0.1) is 11.8 Å². The Hall–Kier alpha value is -1.78. The molecule has 0 aliphatic rings. The Morgan fingerprint density at radius 1 is 1.00 bits per heavy atom. The molecule has 16 heavy (non-hydrogen) atoms. The van der Waals surface area contributed by atoms with Crippen molar-refractivity contribution in [2.24, 2.45) is 0 Å². The minimum absolute atomic E-state index is 0.931. The molecule has 0 spiro atoms. The molecule has 1 N–H and O–H groups in total. The van der Waals surface area contributed by atoms with Crippen LogP contribution < -0.4 is 0 Å². The first kappa shape index (κ1) is 10.7. The van der Waals surface area contributed by atoms with E-state index in [0.29, 0.717) is 0 Å². The van der Waals surface area contributed by atoms with Crippen LogP contribution in [0.25, 0.3) is 10.8 Å². The molecular formula is C15H14O. The van der Waals surface area contributed by atoms with Crippen LogP contribution in [0.15, 0.2) is 42.5 Å². The van der Waals surface area contributed by atoms with Gasteiger partial charge in [0.1, 0.15) is 5.60 Å². The van der Waals surface area contributed by atoms with E-state index in [-0.39, 0.29) is 0 Å². The van der Waals surface area contributed by atoms with Crippen LogP contribution >= 0.6 is 0 Å². The average Bonchev–Trinajstić information content (AvgIpc) is 2.25. The van der Waals surface area contributed by atoms with E-state index in [1.54, 1.807) is 13.8 Å². The van der Waals surface area contributed by atoms with Gasteiger partial charge in [0.2, 0.25) is 0 Å². The van der Waals surface area contributed by atoms with Gasteiger partial charge in [-0.2, -0.15) is 0 Å². The molecule has 0 bridgehead atoms. The fraction of sp³-hybridized carbons (Fsp3) is 0.200. The standard InChI is InChI=1S/C15H14O/c1-15(2,16)10-9-12-7-8-13-5-3-4-6-14(13)11-12/h3-8,11,16H,1-2H3. The molecular weight excluding hydrogens is 196 g/mol. The lowest BCUT2D eigenvalue weighted by Gasteiger charge is -2.06. The zero-order valence-corrected chi connectivity index (χ0v) is 9.49. The van der Waals surface area contributed by atoms with Crippen molar-refractivity contribution >= 4 is 10.8 Å². The minimum atomic E-state index is -0.939. The van der Waals surface area contributed by atoms with Crippen molar-refractivity contribution in [1.29, 1.82) is 0 Å². The summed E-state index contributed by atoms with van der Waals surface area (Å²) >= 11 is 0. The highest BCUT2D eigenvalue weighted by molar-refractivity contribution is 5.83. The number of hydrogen-bond acceptors (Lipinski definition) is 1. The first-order valence-corrected chi connectivity index (χ1v) is 5.29. The molecule has 0 saturated carbocycles. The predicted molar refractivity (Wildman–Crippen MR) is 67.1 cm³/mol. The van der Waals surface area contributed by atoms with Crippen molar-refractivity contribution in [3.8, 4) is 11.8 Å². The number of rotatable bonds is 0. The highest BCUT2D eigenvalue weighted by Crippen LogP contribution is 2.15. The second-order valence-electron chi connectivity index (χ2n) is 4.37. The van der Waals surface area contributed by atoms with Crippen LogP contribution in [0.5, 0.6) is 0 Å². The Morgan fingerprint density at radius 2 is 1.69 bits per heavy atom. The summed E-state index contributed by atoms with van der Waals surface area (Å²) in [4.78, 5) is 0. The Labute approximate surface area is 95.7 Å². The summed E-state index contributed by atoms with van der Waals surface area (Å²) in [6.07, 6.45) is 0. The molecule has 0 unspecified atom stereocenters. The van der Waals surface area contributed by atoms with E-state index >= 15 is 0 Å². The van der Waals surface area contributed by atoms with E-state index in [1.165, 1.54) is 10.8 Å². The molecule has 80 valence electrons. The number of benzene rings is 2. The lowest BCUT2D eigenvalue weighted by atomic mass is 10.1. The van der Waals surface area contributed by atoms with E-state index < -0.39 is 5.60 Å². The normalized spacial score (nSPS) is 10.9. The van der Waals surface area contributed by atoms with Crippen LogP contribution in [0.4, 0.5) is 0 Å². The van der Waals surface area contributed by atoms with Crippen molar-refractivity contribution in [3.05, 3.63) is 48.0 Å². The van der Waals surface area contributed by atoms with Gasteiger partial charge in [0.05, 0.1) is 0 Å². The Balaban J connectivity index is 2.43. The second kappa shape index (κ2) is 4.00. The van der Waals surface area contributed by atoms with Gasteiger partial charge in [0.15, 0.2) is 0 Å². The first-order chi connectivity index (χ1) is 7.54. The summed E-state index contributed by atoms with van der Waals surface area (Å²) in [6, 6.07) is 14.2. The number of hydrogen-bond donors (Lipinski definition) is 1. The van der Waals surface area contributed by atoms with Crippen LogP contribution in [0.2, 0.25) is 0 Å². The van der Waals surface area contributed by atoms with Gasteiger partial charge in [-0.3, -0.25) is 0 Å². The van der Waals surface area contributed by atoms with E-state index in [0.717, 1.165) is 5.56 Å². The highest BCUT2D eigenvalue weighted by atomic mass is 16.3. The van der Waals surface area contributed by atoms with Gasteiger partial charge < -0.3 is 5.11 Å². The van der Waals surface area contributed by atoms with E-state index in [2.05, 4.69) is 24.0 Å². The fourth-order valence-electron chi connectivity index (χ4n) is 1.49. The van der Waals surface area contributed by atoms with Crippen molar-refractivity contribution in [2.45, 2.75) is 19.4 Å². The summed E-state index contributed by atoms with van der Waals surface area (Å²) in [5.74, 6) is 5.79. The Morgan fingerprint density at radius 3 is 2.38 bits per heavy atom.